The topological polar surface area (TPSA) is 16.4 Å². The van der Waals surface area contributed by atoms with Gasteiger partial charge in [0.1, 0.15) is 11.2 Å². The van der Waals surface area contributed by atoms with E-state index < -0.39 is 0 Å². The SMILES string of the molecule is c1ccc(-c2cc(-c3ccccc3)cc(N(c3ccc(-c4ccc5oc6c(-c7ccccc7)cccc6c5c4)cc3)c3ccc(-c4cccc5sc6ccccc6c45)cc3)c2)cc1. The molecule has 296 valence electrons. The third-order valence-corrected chi connectivity index (χ3v) is 13.4. The molecule has 0 aliphatic carbocycles. The minimum Gasteiger partial charge on any atom is -0.455 e. The highest BCUT2D eigenvalue weighted by Gasteiger charge is 2.19. The molecule has 2 heterocycles. The van der Waals surface area contributed by atoms with Crippen molar-refractivity contribution in [1.29, 1.82) is 0 Å². The number of thiophene rings is 1. The quantitative estimate of drug-likeness (QED) is 0.152. The summed E-state index contributed by atoms with van der Waals surface area (Å²) in [5, 5.41) is 4.86. The fourth-order valence-electron chi connectivity index (χ4n) is 9.21. The first kappa shape index (κ1) is 36.8. The van der Waals surface area contributed by atoms with Crippen LogP contribution in [0.2, 0.25) is 0 Å². The van der Waals surface area contributed by atoms with Gasteiger partial charge in [-0.15, -0.1) is 11.3 Å². The Balaban J connectivity index is 0.982. The first-order valence-corrected chi connectivity index (χ1v) is 22.2. The van der Waals surface area contributed by atoms with Crippen molar-refractivity contribution in [2.75, 3.05) is 4.90 Å². The van der Waals surface area contributed by atoms with E-state index in [-0.39, 0.29) is 0 Å². The third kappa shape index (κ3) is 6.67. The molecule has 3 heteroatoms. The smallest absolute Gasteiger partial charge is 0.143 e. The molecule has 63 heavy (non-hydrogen) atoms. The summed E-state index contributed by atoms with van der Waals surface area (Å²) in [6, 6.07) is 85.4. The minimum atomic E-state index is 0.888. The summed E-state index contributed by atoms with van der Waals surface area (Å²) in [6.45, 7) is 0. The van der Waals surface area contributed by atoms with Crippen molar-refractivity contribution in [2.24, 2.45) is 0 Å². The van der Waals surface area contributed by atoms with Gasteiger partial charge >= 0.3 is 0 Å². The van der Waals surface area contributed by atoms with Gasteiger partial charge in [0.2, 0.25) is 0 Å². The average molecular weight is 822 g/mol. The van der Waals surface area contributed by atoms with Gasteiger partial charge in [0, 0.05) is 53.6 Å². The van der Waals surface area contributed by atoms with Crippen LogP contribution >= 0.6 is 11.3 Å². The summed E-state index contributed by atoms with van der Waals surface area (Å²) in [7, 11) is 0. The molecule has 0 atom stereocenters. The molecule has 0 saturated carbocycles. The number of nitrogens with zero attached hydrogens (tertiary/aromatic N) is 1. The van der Waals surface area contributed by atoms with Crippen molar-refractivity contribution in [3.05, 3.63) is 237 Å². The second-order valence-electron chi connectivity index (χ2n) is 16.1. The van der Waals surface area contributed by atoms with E-state index in [1.165, 1.54) is 42.4 Å². The number of benzene rings is 10. The van der Waals surface area contributed by atoms with Gasteiger partial charge in [0.25, 0.3) is 0 Å². The Morgan fingerprint density at radius 3 is 1.49 bits per heavy atom. The molecule has 0 radical (unpaired) electrons. The Morgan fingerprint density at radius 2 is 0.810 bits per heavy atom. The monoisotopic (exact) mass is 821 g/mol. The maximum absolute atomic E-state index is 6.53. The summed E-state index contributed by atoms with van der Waals surface area (Å²) in [5.74, 6) is 0. The molecule has 12 aromatic rings. The Hall–Kier alpha value is -7.98. The number of hydrogen-bond donors (Lipinski definition) is 0. The molecule has 0 amide bonds. The molecule has 0 spiro atoms. The van der Waals surface area contributed by atoms with Crippen molar-refractivity contribution in [3.8, 4) is 55.6 Å². The number of fused-ring (bicyclic) bond motifs is 6. The first-order chi connectivity index (χ1) is 31.2. The van der Waals surface area contributed by atoms with E-state index >= 15 is 0 Å². The van der Waals surface area contributed by atoms with Crippen LogP contribution in [0, 0.1) is 0 Å². The van der Waals surface area contributed by atoms with Crippen LogP contribution in [0.1, 0.15) is 0 Å². The number of furan rings is 1. The van der Waals surface area contributed by atoms with Crippen molar-refractivity contribution in [1.82, 2.24) is 0 Å². The molecule has 10 aromatic carbocycles. The second-order valence-corrected chi connectivity index (χ2v) is 17.2. The minimum absolute atomic E-state index is 0.888. The van der Waals surface area contributed by atoms with Crippen LogP contribution in [-0.4, -0.2) is 0 Å². The van der Waals surface area contributed by atoms with E-state index in [2.05, 4.69) is 235 Å². The van der Waals surface area contributed by atoms with Gasteiger partial charge in [-0.3, -0.25) is 0 Å². The van der Waals surface area contributed by atoms with E-state index in [1.807, 2.05) is 17.4 Å². The van der Waals surface area contributed by atoms with E-state index in [4.69, 9.17) is 4.42 Å². The molecule has 0 bridgehead atoms. The van der Waals surface area contributed by atoms with Crippen LogP contribution in [0.25, 0.3) is 97.7 Å². The summed E-state index contributed by atoms with van der Waals surface area (Å²) in [5.41, 5.74) is 16.7. The van der Waals surface area contributed by atoms with Crippen LogP contribution in [0.3, 0.4) is 0 Å². The highest BCUT2D eigenvalue weighted by atomic mass is 32.1. The Kier molecular flexibility index (Phi) is 9.06. The Morgan fingerprint density at radius 1 is 0.302 bits per heavy atom. The van der Waals surface area contributed by atoms with Crippen LogP contribution in [0.15, 0.2) is 241 Å². The maximum atomic E-state index is 6.53. The zero-order chi connectivity index (χ0) is 41.7. The molecule has 0 aliphatic heterocycles. The van der Waals surface area contributed by atoms with Gasteiger partial charge in [-0.25, -0.2) is 0 Å². The summed E-state index contributed by atoms with van der Waals surface area (Å²) in [4.78, 5) is 2.39. The fraction of sp³-hybridized carbons (Fsp3) is 0. The molecule has 0 saturated heterocycles. The van der Waals surface area contributed by atoms with E-state index in [0.29, 0.717) is 0 Å². The lowest BCUT2D eigenvalue weighted by atomic mass is 9.96. The molecular formula is C60H39NOS. The average Bonchev–Trinajstić information content (AvgIpc) is 3.94. The second kappa shape index (κ2) is 15.5. The largest absolute Gasteiger partial charge is 0.455 e. The third-order valence-electron chi connectivity index (χ3n) is 12.3. The molecule has 0 N–H and O–H groups in total. The molecule has 0 fully saturated rings. The van der Waals surface area contributed by atoms with Crippen molar-refractivity contribution >= 4 is 70.5 Å². The maximum Gasteiger partial charge on any atom is 0.143 e. The predicted molar refractivity (Wildman–Crippen MR) is 268 cm³/mol. The molecular weight excluding hydrogens is 783 g/mol. The fourth-order valence-corrected chi connectivity index (χ4v) is 10.3. The Labute approximate surface area is 370 Å². The van der Waals surface area contributed by atoms with E-state index in [9.17, 15) is 0 Å². The summed E-state index contributed by atoms with van der Waals surface area (Å²) >= 11 is 1.86. The number of anilines is 3. The van der Waals surface area contributed by atoms with Gasteiger partial charge in [-0.2, -0.15) is 0 Å². The normalized spacial score (nSPS) is 11.5. The van der Waals surface area contributed by atoms with E-state index in [0.717, 1.165) is 72.4 Å². The van der Waals surface area contributed by atoms with Gasteiger partial charge in [0.05, 0.1) is 0 Å². The summed E-state index contributed by atoms with van der Waals surface area (Å²) < 4.78 is 9.15. The molecule has 0 aliphatic rings. The lowest BCUT2D eigenvalue weighted by Crippen LogP contribution is -2.10. The van der Waals surface area contributed by atoms with Gasteiger partial charge in [-0.1, -0.05) is 170 Å². The number of hydrogen-bond acceptors (Lipinski definition) is 3. The zero-order valence-corrected chi connectivity index (χ0v) is 35.1. The van der Waals surface area contributed by atoms with Gasteiger partial charge in [0.15, 0.2) is 0 Å². The molecule has 12 rings (SSSR count). The lowest BCUT2D eigenvalue weighted by molar-refractivity contribution is 0.670. The number of rotatable bonds is 8. The highest BCUT2D eigenvalue weighted by molar-refractivity contribution is 7.25. The lowest BCUT2D eigenvalue weighted by Gasteiger charge is -2.27. The number of para-hydroxylation sites is 1. The van der Waals surface area contributed by atoms with Crippen LogP contribution in [0.4, 0.5) is 17.1 Å². The predicted octanol–water partition coefficient (Wildman–Crippen LogP) is 17.8. The molecule has 0 unspecified atom stereocenters. The highest BCUT2D eigenvalue weighted by Crippen LogP contribution is 2.44. The summed E-state index contributed by atoms with van der Waals surface area (Å²) in [6.07, 6.45) is 0. The van der Waals surface area contributed by atoms with Crippen LogP contribution in [-0.2, 0) is 0 Å². The molecule has 2 nitrogen and oxygen atoms in total. The van der Waals surface area contributed by atoms with Crippen molar-refractivity contribution in [3.63, 3.8) is 0 Å². The molecule has 2 aromatic heterocycles. The van der Waals surface area contributed by atoms with Crippen molar-refractivity contribution in [2.45, 2.75) is 0 Å². The van der Waals surface area contributed by atoms with Crippen molar-refractivity contribution < 1.29 is 4.42 Å². The Bertz CT molecular complexity index is 3530. The van der Waals surface area contributed by atoms with Crippen LogP contribution in [0.5, 0.6) is 0 Å². The zero-order valence-electron chi connectivity index (χ0n) is 34.3. The van der Waals surface area contributed by atoms with Gasteiger partial charge in [-0.05, 0) is 117 Å². The van der Waals surface area contributed by atoms with E-state index in [1.54, 1.807) is 0 Å². The van der Waals surface area contributed by atoms with Crippen LogP contribution < -0.4 is 4.90 Å². The first-order valence-electron chi connectivity index (χ1n) is 21.4. The van der Waals surface area contributed by atoms with Gasteiger partial charge < -0.3 is 9.32 Å². The standard InChI is InChI=1S/C60H39NOS/c1-4-14-40(15-5-1)46-36-47(41-16-6-2-7-17-41)38-50(37-46)61(49-33-28-44(29-34-49)51-21-13-25-58-59(51)54-20-10-11-24-57(54)63-58)48-31-26-42(27-32-48)45-30-35-56-55(39-45)53-23-12-22-52(60(53)62-56)43-18-8-3-9-19-43/h1-39H.